The summed E-state index contributed by atoms with van der Waals surface area (Å²) in [5.41, 5.74) is 8.68. The summed E-state index contributed by atoms with van der Waals surface area (Å²) in [6.07, 6.45) is 1.87. The van der Waals surface area contributed by atoms with Crippen LogP contribution in [0.2, 0.25) is 0 Å². The molecule has 4 rings (SSSR count). The lowest BCUT2D eigenvalue weighted by molar-refractivity contribution is 0.247. The van der Waals surface area contributed by atoms with Gasteiger partial charge < -0.3 is 15.1 Å². The average molecular weight is 366 g/mol. The lowest BCUT2D eigenvalue weighted by Gasteiger charge is -2.33. The number of piperazine rings is 1. The molecule has 0 amide bonds. The molecule has 2 N–H and O–H groups in total. The molecular weight excluding hydrogens is 346 g/mol. The van der Waals surface area contributed by atoms with E-state index in [9.17, 15) is 0 Å². The van der Waals surface area contributed by atoms with Crippen molar-refractivity contribution in [3.05, 3.63) is 34.8 Å². The lowest BCUT2D eigenvalue weighted by Crippen LogP contribution is -2.46. The maximum atomic E-state index is 5.89. The highest BCUT2D eigenvalue weighted by Crippen LogP contribution is 2.24. The van der Waals surface area contributed by atoms with Crippen LogP contribution < -0.4 is 10.6 Å². The Labute approximate surface area is 150 Å². The fraction of sp³-hybridized carbons (Fsp3) is 0.375. The smallest absolute Gasteiger partial charge is 0.298 e. The van der Waals surface area contributed by atoms with Gasteiger partial charge in [-0.1, -0.05) is 6.07 Å². The van der Waals surface area contributed by atoms with Gasteiger partial charge in [0.25, 0.3) is 6.01 Å². The van der Waals surface area contributed by atoms with Gasteiger partial charge in [0.05, 0.1) is 0 Å². The highest BCUT2D eigenvalue weighted by atomic mass is 35.5. The molecule has 0 atom stereocenters. The number of nitrogen functional groups attached to an aromatic ring is 1. The van der Waals surface area contributed by atoms with Crippen LogP contribution in [0, 0.1) is 6.92 Å². The van der Waals surface area contributed by atoms with E-state index in [-0.39, 0.29) is 12.4 Å². The van der Waals surface area contributed by atoms with E-state index in [4.69, 9.17) is 10.2 Å². The Kier molecular flexibility index (Phi) is 4.93. The van der Waals surface area contributed by atoms with Crippen LogP contribution in [0.15, 0.2) is 28.8 Å². The van der Waals surface area contributed by atoms with Gasteiger partial charge in [0.15, 0.2) is 10.7 Å². The second kappa shape index (κ2) is 6.96. The van der Waals surface area contributed by atoms with Crippen LogP contribution in [-0.2, 0) is 6.54 Å². The number of hydrogen-bond acceptors (Lipinski definition) is 7. The van der Waals surface area contributed by atoms with Crippen molar-refractivity contribution in [1.29, 1.82) is 0 Å². The predicted octanol–water partition coefficient (Wildman–Crippen LogP) is 2.92. The first kappa shape index (κ1) is 17.0. The molecule has 6 nitrogen and oxygen atoms in total. The first-order chi connectivity index (χ1) is 11.2. The van der Waals surface area contributed by atoms with E-state index in [0.717, 1.165) is 49.8 Å². The topological polar surface area (TPSA) is 71.4 Å². The van der Waals surface area contributed by atoms with Crippen molar-refractivity contribution in [2.45, 2.75) is 13.5 Å². The van der Waals surface area contributed by atoms with Crippen LogP contribution in [0.25, 0.3) is 11.1 Å². The molecule has 3 aromatic rings. The third-order valence-electron chi connectivity index (χ3n) is 4.13. The number of fused-ring (bicyclic) bond motifs is 1. The standard InChI is InChI=1S/C16H19N5OS.ClH/c1-11-2-3-14-13(8-11)19-16(22-14)21-6-4-20(5-7-21)10-12-9-18-15(17)23-12;/h2-3,8-9H,4-7,10H2,1H3,(H2,17,18);1H. The summed E-state index contributed by atoms with van der Waals surface area (Å²) in [6, 6.07) is 6.83. The number of anilines is 2. The van der Waals surface area contributed by atoms with Crippen LogP contribution in [0.3, 0.4) is 0 Å². The predicted molar refractivity (Wildman–Crippen MR) is 100 cm³/mol. The molecular formula is C16H20ClN5OS. The summed E-state index contributed by atoms with van der Waals surface area (Å²) < 4.78 is 5.89. The molecule has 8 heteroatoms. The van der Waals surface area contributed by atoms with Crippen LogP contribution in [0.4, 0.5) is 11.1 Å². The largest absolute Gasteiger partial charge is 0.423 e. The Morgan fingerprint density at radius 2 is 2.04 bits per heavy atom. The quantitative estimate of drug-likeness (QED) is 0.769. The highest BCUT2D eigenvalue weighted by molar-refractivity contribution is 7.15. The van der Waals surface area contributed by atoms with Gasteiger partial charge in [0.2, 0.25) is 0 Å². The number of thiazole rings is 1. The van der Waals surface area contributed by atoms with Crippen LogP contribution >= 0.6 is 23.7 Å². The van der Waals surface area contributed by atoms with Crippen molar-refractivity contribution in [3.8, 4) is 0 Å². The van der Waals surface area contributed by atoms with Crippen molar-refractivity contribution in [3.63, 3.8) is 0 Å². The van der Waals surface area contributed by atoms with Crippen LogP contribution in [0.1, 0.15) is 10.4 Å². The van der Waals surface area contributed by atoms with Gasteiger partial charge >= 0.3 is 0 Å². The van der Waals surface area contributed by atoms with Crippen LogP contribution in [-0.4, -0.2) is 41.0 Å². The maximum absolute atomic E-state index is 5.89. The summed E-state index contributed by atoms with van der Waals surface area (Å²) >= 11 is 1.56. The number of oxazole rings is 1. The summed E-state index contributed by atoms with van der Waals surface area (Å²) in [5, 5.41) is 0.639. The molecule has 0 saturated carbocycles. The summed E-state index contributed by atoms with van der Waals surface area (Å²) in [4.78, 5) is 14.6. The Hall–Kier alpha value is -1.83. The van der Waals surface area contributed by atoms with Crippen molar-refractivity contribution in [1.82, 2.24) is 14.9 Å². The van der Waals surface area contributed by atoms with E-state index in [1.807, 2.05) is 12.3 Å². The number of aryl methyl sites for hydroxylation is 1. The number of nitrogens with zero attached hydrogens (tertiary/aromatic N) is 4. The van der Waals surface area contributed by atoms with Gasteiger partial charge in [-0.3, -0.25) is 4.90 Å². The third-order valence-corrected chi connectivity index (χ3v) is 4.94. The molecule has 0 radical (unpaired) electrons. The number of rotatable bonds is 3. The van der Waals surface area contributed by atoms with Gasteiger partial charge in [-0.05, 0) is 24.6 Å². The monoisotopic (exact) mass is 365 g/mol. The number of halogens is 1. The first-order valence-corrected chi connectivity index (χ1v) is 8.54. The zero-order valence-corrected chi connectivity index (χ0v) is 15.1. The molecule has 2 aromatic heterocycles. The SMILES string of the molecule is Cc1ccc2oc(N3CCN(Cc4cnc(N)s4)CC3)nc2c1.Cl. The Bertz CT molecular complexity index is 825. The minimum atomic E-state index is 0. The highest BCUT2D eigenvalue weighted by Gasteiger charge is 2.21. The number of aromatic nitrogens is 2. The Morgan fingerprint density at radius 3 is 2.75 bits per heavy atom. The van der Waals surface area contributed by atoms with Gasteiger partial charge in [0.1, 0.15) is 5.52 Å². The van der Waals surface area contributed by atoms with Crippen molar-refractivity contribution >= 4 is 46.0 Å². The number of nitrogens with two attached hydrogens (primary N) is 1. The molecule has 0 unspecified atom stereocenters. The van der Waals surface area contributed by atoms with Crippen molar-refractivity contribution in [2.75, 3.05) is 36.8 Å². The molecule has 0 bridgehead atoms. The molecule has 3 heterocycles. The maximum Gasteiger partial charge on any atom is 0.298 e. The van der Waals surface area contributed by atoms with Gasteiger partial charge in [-0.25, -0.2) is 4.98 Å². The molecule has 1 saturated heterocycles. The van der Waals surface area contributed by atoms with E-state index in [2.05, 4.69) is 38.8 Å². The van der Waals surface area contributed by atoms with E-state index >= 15 is 0 Å². The van der Waals surface area contributed by atoms with E-state index in [0.29, 0.717) is 5.13 Å². The minimum Gasteiger partial charge on any atom is -0.423 e. The second-order valence-corrected chi connectivity index (χ2v) is 7.04. The van der Waals surface area contributed by atoms with Gasteiger partial charge in [0, 0.05) is 43.8 Å². The van der Waals surface area contributed by atoms with Crippen LogP contribution in [0.5, 0.6) is 0 Å². The summed E-state index contributed by atoms with van der Waals surface area (Å²) in [5.74, 6) is 0. The van der Waals surface area contributed by atoms with Gasteiger partial charge in [-0.15, -0.1) is 23.7 Å². The van der Waals surface area contributed by atoms with E-state index < -0.39 is 0 Å². The minimum absolute atomic E-state index is 0. The average Bonchev–Trinajstić information content (AvgIpc) is 3.14. The molecule has 1 fully saturated rings. The summed E-state index contributed by atoms with van der Waals surface area (Å²) in [7, 11) is 0. The third kappa shape index (κ3) is 3.48. The molecule has 1 aliphatic heterocycles. The molecule has 24 heavy (non-hydrogen) atoms. The fourth-order valence-electron chi connectivity index (χ4n) is 2.87. The summed E-state index contributed by atoms with van der Waals surface area (Å²) in [6.45, 7) is 6.78. The normalized spacial score (nSPS) is 15.6. The zero-order chi connectivity index (χ0) is 15.8. The second-order valence-electron chi connectivity index (χ2n) is 5.90. The fourth-order valence-corrected chi connectivity index (χ4v) is 3.60. The van der Waals surface area contributed by atoms with E-state index in [1.165, 1.54) is 10.4 Å². The first-order valence-electron chi connectivity index (χ1n) is 7.72. The lowest BCUT2D eigenvalue weighted by atomic mass is 10.2. The molecule has 1 aromatic carbocycles. The molecule has 128 valence electrons. The molecule has 1 aliphatic rings. The van der Waals surface area contributed by atoms with Crippen molar-refractivity contribution < 1.29 is 4.42 Å². The number of hydrogen-bond donors (Lipinski definition) is 1. The zero-order valence-electron chi connectivity index (χ0n) is 13.4. The Morgan fingerprint density at radius 1 is 1.25 bits per heavy atom. The van der Waals surface area contributed by atoms with E-state index in [1.54, 1.807) is 11.3 Å². The van der Waals surface area contributed by atoms with Gasteiger partial charge in [-0.2, -0.15) is 4.98 Å². The molecule has 0 aliphatic carbocycles. The number of benzene rings is 1. The van der Waals surface area contributed by atoms with Crippen molar-refractivity contribution in [2.24, 2.45) is 0 Å². The Balaban J connectivity index is 0.00000169. The molecule has 0 spiro atoms.